The molecule has 0 amide bonds. The maximum Gasteiger partial charge on any atom is -0.0241 e. The molecule has 0 heteroatoms. The summed E-state index contributed by atoms with van der Waals surface area (Å²) >= 11 is 0. The van der Waals surface area contributed by atoms with Crippen molar-refractivity contribution in [3.05, 3.63) is 0 Å². The second-order valence-electron chi connectivity index (χ2n) is 4.96. The molecular weight excluding hydrogens is 132 g/mol. The Labute approximate surface area is 71.4 Å². The average Bonchev–Trinajstić information content (AvgIpc) is 2.32. The Bertz CT molecular complexity index is 146. The van der Waals surface area contributed by atoms with Crippen molar-refractivity contribution >= 4 is 0 Å². The summed E-state index contributed by atoms with van der Waals surface area (Å²) in [6.07, 6.45) is 4.18. The molecule has 0 aliphatic heterocycles. The Morgan fingerprint density at radius 3 is 1.91 bits per heavy atom. The van der Waals surface area contributed by atoms with E-state index in [1.807, 2.05) is 0 Å². The van der Waals surface area contributed by atoms with Gasteiger partial charge in [-0.2, -0.15) is 0 Å². The first-order chi connectivity index (χ1) is 4.97. The molecule has 0 nitrogen and oxygen atoms in total. The second-order valence-corrected chi connectivity index (χ2v) is 4.96. The third kappa shape index (κ3) is 1.11. The molecule has 0 aromatic heterocycles. The van der Waals surface area contributed by atoms with Gasteiger partial charge in [0.2, 0.25) is 0 Å². The van der Waals surface area contributed by atoms with Gasteiger partial charge in [0.05, 0.1) is 0 Å². The van der Waals surface area contributed by atoms with E-state index in [0.717, 1.165) is 5.92 Å². The molecule has 0 saturated heterocycles. The molecule has 1 aliphatic carbocycles. The van der Waals surface area contributed by atoms with Gasteiger partial charge in [-0.3, -0.25) is 0 Å². The summed E-state index contributed by atoms with van der Waals surface area (Å²) in [6, 6.07) is 0. The molecule has 0 radical (unpaired) electrons. The van der Waals surface area contributed by atoms with Crippen LogP contribution >= 0.6 is 0 Å². The van der Waals surface area contributed by atoms with Crippen molar-refractivity contribution in [3.63, 3.8) is 0 Å². The zero-order chi connectivity index (χ0) is 8.70. The molecule has 0 spiro atoms. The molecule has 1 rings (SSSR count). The van der Waals surface area contributed by atoms with Crippen LogP contribution in [0.5, 0.6) is 0 Å². The van der Waals surface area contributed by atoms with E-state index in [2.05, 4.69) is 34.6 Å². The van der Waals surface area contributed by atoms with Crippen molar-refractivity contribution in [3.8, 4) is 0 Å². The van der Waals surface area contributed by atoms with Crippen LogP contribution < -0.4 is 0 Å². The van der Waals surface area contributed by atoms with Crippen molar-refractivity contribution in [1.82, 2.24) is 0 Å². The highest BCUT2D eigenvalue weighted by molar-refractivity contribution is 5.12. The molecule has 0 aromatic carbocycles. The molecule has 0 bridgehead atoms. The average molecular weight is 154 g/mol. The van der Waals surface area contributed by atoms with E-state index in [0.29, 0.717) is 10.8 Å². The highest BCUT2D eigenvalue weighted by atomic mass is 14.7. The third-order valence-corrected chi connectivity index (χ3v) is 4.48. The van der Waals surface area contributed by atoms with Gasteiger partial charge in [0.1, 0.15) is 0 Å². The van der Waals surface area contributed by atoms with E-state index in [4.69, 9.17) is 0 Å². The van der Waals surface area contributed by atoms with Crippen LogP contribution in [0.4, 0.5) is 0 Å². The van der Waals surface area contributed by atoms with Gasteiger partial charge in [0.25, 0.3) is 0 Å². The van der Waals surface area contributed by atoms with Crippen molar-refractivity contribution in [2.75, 3.05) is 0 Å². The highest BCUT2D eigenvalue weighted by Crippen LogP contribution is 2.70. The third-order valence-electron chi connectivity index (χ3n) is 4.48. The molecule has 66 valence electrons. The smallest absolute Gasteiger partial charge is 0.0241 e. The van der Waals surface area contributed by atoms with Crippen LogP contribution in [0.25, 0.3) is 0 Å². The van der Waals surface area contributed by atoms with Gasteiger partial charge < -0.3 is 0 Å². The predicted octanol–water partition coefficient (Wildman–Crippen LogP) is 3.86. The summed E-state index contributed by atoms with van der Waals surface area (Å²) in [5.74, 6) is 0.932. The lowest BCUT2D eigenvalue weighted by atomic mass is 9.92. The summed E-state index contributed by atoms with van der Waals surface area (Å²) in [5, 5.41) is 0. The van der Waals surface area contributed by atoms with Crippen molar-refractivity contribution in [2.45, 2.75) is 53.9 Å². The van der Waals surface area contributed by atoms with Gasteiger partial charge >= 0.3 is 0 Å². The molecule has 11 heavy (non-hydrogen) atoms. The molecule has 0 heterocycles. The highest BCUT2D eigenvalue weighted by Gasteiger charge is 2.63. The normalized spacial score (nSPS) is 40.6. The van der Waals surface area contributed by atoms with Crippen LogP contribution in [0.15, 0.2) is 0 Å². The lowest BCUT2D eigenvalue weighted by molar-refractivity contribution is 0.376. The standard InChI is InChI=1S/C11H22/c1-6-7-8-11(5)9(2)10(11,3)4/h9H,6-8H2,1-5H3. The van der Waals surface area contributed by atoms with E-state index < -0.39 is 0 Å². The zero-order valence-corrected chi connectivity index (χ0v) is 8.70. The van der Waals surface area contributed by atoms with E-state index >= 15 is 0 Å². The van der Waals surface area contributed by atoms with Crippen LogP contribution in [0, 0.1) is 16.7 Å². The first-order valence-electron chi connectivity index (χ1n) is 4.97. The molecular formula is C11H22. The largest absolute Gasteiger partial charge is 0.0654 e. The molecule has 2 atom stereocenters. The van der Waals surface area contributed by atoms with E-state index in [9.17, 15) is 0 Å². The Morgan fingerprint density at radius 2 is 1.64 bits per heavy atom. The maximum absolute atomic E-state index is 2.45. The molecule has 0 N–H and O–H groups in total. The Balaban J connectivity index is 2.46. The van der Waals surface area contributed by atoms with E-state index in [1.54, 1.807) is 0 Å². The number of hydrogen-bond donors (Lipinski definition) is 0. The SMILES string of the molecule is CCCCC1(C)C(C)C1(C)C. The van der Waals surface area contributed by atoms with E-state index in [-0.39, 0.29) is 0 Å². The molecule has 1 saturated carbocycles. The van der Waals surface area contributed by atoms with Crippen molar-refractivity contribution in [2.24, 2.45) is 16.7 Å². The monoisotopic (exact) mass is 154 g/mol. The van der Waals surface area contributed by atoms with Gasteiger partial charge in [-0.05, 0) is 23.2 Å². The molecule has 2 unspecified atom stereocenters. The lowest BCUT2D eigenvalue weighted by Gasteiger charge is -2.13. The fourth-order valence-electron chi connectivity index (χ4n) is 2.46. The van der Waals surface area contributed by atoms with Crippen LogP contribution in [-0.2, 0) is 0 Å². The van der Waals surface area contributed by atoms with Crippen molar-refractivity contribution in [1.29, 1.82) is 0 Å². The fourth-order valence-corrected chi connectivity index (χ4v) is 2.46. The summed E-state index contributed by atoms with van der Waals surface area (Å²) in [4.78, 5) is 0. The Morgan fingerprint density at radius 1 is 1.18 bits per heavy atom. The number of unbranched alkanes of at least 4 members (excludes halogenated alkanes) is 1. The first kappa shape index (κ1) is 9.09. The molecule has 0 aromatic rings. The maximum atomic E-state index is 2.45. The molecule has 1 fully saturated rings. The number of hydrogen-bond acceptors (Lipinski definition) is 0. The topological polar surface area (TPSA) is 0 Å². The van der Waals surface area contributed by atoms with E-state index in [1.165, 1.54) is 19.3 Å². The fraction of sp³-hybridized carbons (Fsp3) is 1.00. The van der Waals surface area contributed by atoms with Crippen LogP contribution in [0.2, 0.25) is 0 Å². The van der Waals surface area contributed by atoms with Gasteiger partial charge in [-0.25, -0.2) is 0 Å². The Hall–Kier alpha value is 0. The van der Waals surface area contributed by atoms with Crippen LogP contribution in [0.1, 0.15) is 53.9 Å². The lowest BCUT2D eigenvalue weighted by Crippen LogP contribution is -2.03. The van der Waals surface area contributed by atoms with Gasteiger partial charge in [-0.15, -0.1) is 0 Å². The molecule has 1 aliphatic rings. The van der Waals surface area contributed by atoms with Gasteiger partial charge in [0, 0.05) is 0 Å². The van der Waals surface area contributed by atoms with Gasteiger partial charge in [-0.1, -0.05) is 47.5 Å². The minimum Gasteiger partial charge on any atom is -0.0654 e. The van der Waals surface area contributed by atoms with Crippen LogP contribution in [-0.4, -0.2) is 0 Å². The second kappa shape index (κ2) is 2.50. The minimum absolute atomic E-state index is 0.613. The summed E-state index contributed by atoms with van der Waals surface area (Å²) in [5.41, 5.74) is 1.27. The quantitative estimate of drug-likeness (QED) is 0.579. The van der Waals surface area contributed by atoms with Gasteiger partial charge in [0.15, 0.2) is 0 Å². The predicted molar refractivity (Wildman–Crippen MR) is 50.6 cm³/mol. The summed E-state index contributed by atoms with van der Waals surface area (Å²) in [7, 11) is 0. The zero-order valence-electron chi connectivity index (χ0n) is 8.70. The summed E-state index contributed by atoms with van der Waals surface area (Å²) in [6.45, 7) is 12.0. The van der Waals surface area contributed by atoms with Crippen LogP contribution in [0.3, 0.4) is 0 Å². The first-order valence-corrected chi connectivity index (χ1v) is 4.97. The Kier molecular flexibility index (Phi) is 2.07. The minimum atomic E-state index is 0.613. The number of rotatable bonds is 3. The van der Waals surface area contributed by atoms with Crippen molar-refractivity contribution < 1.29 is 0 Å². The summed E-state index contributed by atoms with van der Waals surface area (Å²) < 4.78 is 0.